The summed E-state index contributed by atoms with van der Waals surface area (Å²) in [6, 6.07) is 12.0. The van der Waals surface area contributed by atoms with Crippen molar-refractivity contribution in [1.29, 1.82) is 0 Å². The number of nitrogens with zero attached hydrogens (tertiary/aromatic N) is 2. The second-order valence-electron chi connectivity index (χ2n) is 5.60. The van der Waals surface area contributed by atoms with E-state index in [1.165, 1.54) is 0 Å². The molecular formula is C17H22ClN3. The van der Waals surface area contributed by atoms with Crippen LogP contribution in [0.5, 0.6) is 0 Å². The smallest absolute Gasteiger partial charge is 0.129 e. The first kappa shape index (κ1) is 15.8. The zero-order valence-corrected chi connectivity index (χ0v) is 13.6. The Kier molecular flexibility index (Phi) is 5.21. The van der Waals surface area contributed by atoms with Gasteiger partial charge < -0.3 is 10.6 Å². The molecule has 0 amide bonds. The molecule has 3 nitrogen and oxygen atoms in total. The highest BCUT2D eigenvalue weighted by molar-refractivity contribution is 6.30. The standard InChI is InChI=1S/C17H22ClN3/c1-12(2)16-8-14(10-19)9-17(20-16)21(3)11-13-5-4-6-15(18)7-13/h4-9,12H,10-11,19H2,1-3H3. The SMILES string of the molecule is CC(C)c1cc(CN)cc(N(C)Cc2cccc(Cl)c2)n1. The van der Waals surface area contributed by atoms with Gasteiger partial charge in [-0.25, -0.2) is 4.98 Å². The third kappa shape index (κ3) is 4.19. The van der Waals surface area contributed by atoms with E-state index in [0.717, 1.165) is 34.2 Å². The van der Waals surface area contributed by atoms with Gasteiger partial charge in [-0.3, -0.25) is 0 Å². The van der Waals surface area contributed by atoms with E-state index in [1.54, 1.807) is 0 Å². The lowest BCUT2D eigenvalue weighted by Crippen LogP contribution is -2.19. The molecule has 2 aromatic rings. The first-order valence-electron chi connectivity index (χ1n) is 7.16. The van der Waals surface area contributed by atoms with Crippen LogP contribution in [0, 0.1) is 0 Å². The molecule has 0 spiro atoms. The number of hydrogen-bond acceptors (Lipinski definition) is 3. The van der Waals surface area contributed by atoms with Crippen LogP contribution in [0.15, 0.2) is 36.4 Å². The highest BCUT2D eigenvalue weighted by atomic mass is 35.5. The predicted molar refractivity (Wildman–Crippen MR) is 89.8 cm³/mol. The van der Waals surface area contributed by atoms with E-state index in [9.17, 15) is 0 Å². The monoisotopic (exact) mass is 303 g/mol. The van der Waals surface area contributed by atoms with Gasteiger partial charge in [0.1, 0.15) is 5.82 Å². The zero-order valence-electron chi connectivity index (χ0n) is 12.8. The van der Waals surface area contributed by atoms with Crippen LogP contribution in [0.1, 0.15) is 36.6 Å². The van der Waals surface area contributed by atoms with Crippen LogP contribution < -0.4 is 10.6 Å². The van der Waals surface area contributed by atoms with Crippen molar-refractivity contribution in [3.05, 3.63) is 58.2 Å². The van der Waals surface area contributed by atoms with Crippen LogP contribution >= 0.6 is 11.6 Å². The average molecular weight is 304 g/mol. The average Bonchev–Trinajstić information content (AvgIpc) is 2.46. The molecule has 2 rings (SSSR count). The third-order valence-corrected chi connectivity index (χ3v) is 3.65. The van der Waals surface area contributed by atoms with Crippen LogP contribution in [-0.4, -0.2) is 12.0 Å². The summed E-state index contributed by atoms with van der Waals surface area (Å²) >= 11 is 6.04. The molecule has 112 valence electrons. The lowest BCUT2D eigenvalue weighted by atomic mass is 10.1. The Morgan fingerprint density at radius 1 is 1.19 bits per heavy atom. The summed E-state index contributed by atoms with van der Waals surface area (Å²) in [5.41, 5.74) is 9.15. The van der Waals surface area contributed by atoms with Crippen LogP contribution in [-0.2, 0) is 13.1 Å². The van der Waals surface area contributed by atoms with Crippen molar-refractivity contribution in [3.8, 4) is 0 Å². The van der Waals surface area contributed by atoms with Crippen molar-refractivity contribution in [2.75, 3.05) is 11.9 Å². The fourth-order valence-electron chi connectivity index (χ4n) is 2.19. The van der Waals surface area contributed by atoms with Gasteiger partial charge in [-0.15, -0.1) is 0 Å². The normalized spacial score (nSPS) is 11.0. The second-order valence-corrected chi connectivity index (χ2v) is 6.04. The van der Waals surface area contributed by atoms with Gasteiger partial charge in [0.25, 0.3) is 0 Å². The third-order valence-electron chi connectivity index (χ3n) is 3.42. The molecule has 0 radical (unpaired) electrons. The number of benzene rings is 1. The molecule has 0 fully saturated rings. The first-order valence-corrected chi connectivity index (χ1v) is 7.54. The maximum absolute atomic E-state index is 6.04. The summed E-state index contributed by atoms with van der Waals surface area (Å²) in [6.45, 7) is 5.58. The predicted octanol–water partition coefficient (Wildman–Crippen LogP) is 3.95. The van der Waals surface area contributed by atoms with Gasteiger partial charge in [-0.05, 0) is 41.3 Å². The maximum Gasteiger partial charge on any atom is 0.129 e. The Balaban J connectivity index is 2.25. The highest BCUT2D eigenvalue weighted by Crippen LogP contribution is 2.21. The minimum absolute atomic E-state index is 0.384. The number of nitrogens with two attached hydrogens (primary N) is 1. The van der Waals surface area contributed by atoms with E-state index in [4.69, 9.17) is 22.3 Å². The molecule has 0 atom stereocenters. The number of rotatable bonds is 5. The molecule has 4 heteroatoms. The minimum atomic E-state index is 0.384. The lowest BCUT2D eigenvalue weighted by Gasteiger charge is -2.21. The molecule has 0 unspecified atom stereocenters. The van der Waals surface area contributed by atoms with Crippen LogP contribution in [0.25, 0.3) is 0 Å². The Hall–Kier alpha value is -1.58. The van der Waals surface area contributed by atoms with E-state index in [0.29, 0.717) is 12.5 Å². The number of pyridine rings is 1. The van der Waals surface area contributed by atoms with Gasteiger partial charge in [0.05, 0.1) is 0 Å². The van der Waals surface area contributed by atoms with Crippen LogP contribution in [0.2, 0.25) is 5.02 Å². The summed E-state index contributed by atoms with van der Waals surface area (Å²) in [6.07, 6.45) is 0. The Morgan fingerprint density at radius 3 is 2.57 bits per heavy atom. The quantitative estimate of drug-likeness (QED) is 0.909. The zero-order chi connectivity index (χ0) is 15.4. The van der Waals surface area contributed by atoms with Crippen molar-refractivity contribution >= 4 is 17.4 Å². The number of hydrogen-bond donors (Lipinski definition) is 1. The summed E-state index contributed by atoms with van der Waals surface area (Å²) in [4.78, 5) is 6.86. The Labute approximate surface area is 131 Å². The molecule has 1 aromatic carbocycles. The Morgan fingerprint density at radius 2 is 1.95 bits per heavy atom. The highest BCUT2D eigenvalue weighted by Gasteiger charge is 2.09. The fraction of sp³-hybridized carbons (Fsp3) is 0.353. The van der Waals surface area contributed by atoms with E-state index < -0.39 is 0 Å². The number of halogens is 1. The van der Waals surface area contributed by atoms with E-state index in [2.05, 4.69) is 36.9 Å². The summed E-state index contributed by atoms with van der Waals surface area (Å²) in [5.74, 6) is 1.33. The Bertz CT molecular complexity index is 611. The summed E-state index contributed by atoms with van der Waals surface area (Å²) < 4.78 is 0. The number of anilines is 1. The minimum Gasteiger partial charge on any atom is -0.355 e. The molecule has 0 aliphatic carbocycles. The van der Waals surface area contributed by atoms with Gasteiger partial charge >= 0.3 is 0 Å². The van der Waals surface area contributed by atoms with Gasteiger partial charge in [0, 0.05) is 30.9 Å². The van der Waals surface area contributed by atoms with E-state index in [-0.39, 0.29) is 0 Å². The van der Waals surface area contributed by atoms with Crippen molar-refractivity contribution in [3.63, 3.8) is 0 Å². The molecule has 0 aliphatic heterocycles. The molecule has 0 saturated heterocycles. The van der Waals surface area contributed by atoms with E-state index in [1.807, 2.05) is 25.2 Å². The van der Waals surface area contributed by atoms with E-state index >= 15 is 0 Å². The largest absolute Gasteiger partial charge is 0.355 e. The van der Waals surface area contributed by atoms with Crippen molar-refractivity contribution in [2.24, 2.45) is 5.73 Å². The molecule has 0 bridgehead atoms. The number of aromatic nitrogens is 1. The van der Waals surface area contributed by atoms with Gasteiger partial charge in [-0.2, -0.15) is 0 Å². The maximum atomic E-state index is 6.04. The van der Waals surface area contributed by atoms with Crippen molar-refractivity contribution in [1.82, 2.24) is 4.98 Å². The van der Waals surface area contributed by atoms with Crippen LogP contribution in [0.3, 0.4) is 0 Å². The molecule has 0 aliphatic rings. The van der Waals surface area contributed by atoms with Gasteiger partial charge in [0.15, 0.2) is 0 Å². The molecule has 1 aromatic heterocycles. The lowest BCUT2D eigenvalue weighted by molar-refractivity contribution is 0.800. The first-order chi connectivity index (χ1) is 9.99. The van der Waals surface area contributed by atoms with Crippen molar-refractivity contribution < 1.29 is 0 Å². The molecule has 21 heavy (non-hydrogen) atoms. The van der Waals surface area contributed by atoms with Gasteiger partial charge in [-0.1, -0.05) is 37.6 Å². The summed E-state index contributed by atoms with van der Waals surface area (Å²) in [7, 11) is 2.04. The second kappa shape index (κ2) is 6.92. The summed E-state index contributed by atoms with van der Waals surface area (Å²) in [5, 5.41) is 0.757. The molecule has 1 heterocycles. The molecule has 0 saturated carbocycles. The van der Waals surface area contributed by atoms with Gasteiger partial charge in [0.2, 0.25) is 0 Å². The topological polar surface area (TPSA) is 42.1 Å². The molecular weight excluding hydrogens is 282 g/mol. The van der Waals surface area contributed by atoms with Crippen LogP contribution in [0.4, 0.5) is 5.82 Å². The fourth-order valence-corrected chi connectivity index (χ4v) is 2.41. The molecule has 2 N–H and O–H groups in total. The van der Waals surface area contributed by atoms with Crippen molar-refractivity contribution in [2.45, 2.75) is 32.9 Å².